The molecule has 0 amide bonds. The Balaban J connectivity index is 2.47. The second kappa shape index (κ2) is 3.04. The van der Waals surface area contributed by atoms with Crippen LogP contribution in [0.1, 0.15) is 19.3 Å². The Morgan fingerprint density at radius 3 is 2.60 bits per heavy atom. The van der Waals surface area contributed by atoms with Crippen molar-refractivity contribution in [3.8, 4) is 0 Å². The van der Waals surface area contributed by atoms with Crippen molar-refractivity contribution < 1.29 is 9.46 Å². The van der Waals surface area contributed by atoms with Crippen LogP contribution in [-0.2, 0) is 4.57 Å². The monoisotopic (exact) mass is 163 g/mol. The molecule has 0 aromatic carbocycles. The van der Waals surface area contributed by atoms with Crippen molar-refractivity contribution in [2.24, 2.45) is 0 Å². The standard InChI is InChI=1S/C6H14NO2P/c1-10(8,9)6-4-2-3-5-7-6/h6-7H,2-5H2,1H3,(H,8,9). The SMILES string of the molecule is CP(=O)(O)C1CCCCN1. The van der Waals surface area contributed by atoms with E-state index < -0.39 is 7.37 Å². The van der Waals surface area contributed by atoms with E-state index in [1.54, 1.807) is 0 Å². The highest BCUT2D eigenvalue weighted by Gasteiger charge is 2.26. The van der Waals surface area contributed by atoms with Crippen LogP contribution in [0.4, 0.5) is 0 Å². The third-order valence-electron chi connectivity index (χ3n) is 1.86. The van der Waals surface area contributed by atoms with E-state index in [-0.39, 0.29) is 5.78 Å². The second-order valence-corrected chi connectivity index (χ2v) is 5.42. The first-order valence-corrected chi connectivity index (χ1v) is 5.81. The van der Waals surface area contributed by atoms with Crippen LogP contribution in [-0.4, -0.2) is 23.9 Å². The smallest absolute Gasteiger partial charge is 0.214 e. The summed E-state index contributed by atoms with van der Waals surface area (Å²) in [5.74, 6) is -0.138. The molecule has 1 rings (SSSR count). The highest BCUT2D eigenvalue weighted by atomic mass is 31.2. The van der Waals surface area contributed by atoms with Gasteiger partial charge in [-0.15, -0.1) is 0 Å². The van der Waals surface area contributed by atoms with E-state index >= 15 is 0 Å². The van der Waals surface area contributed by atoms with Gasteiger partial charge in [-0.2, -0.15) is 0 Å². The topological polar surface area (TPSA) is 49.3 Å². The first-order valence-electron chi connectivity index (χ1n) is 3.64. The maximum Gasteiger partial charge on any atom is 0.214 e. The third kappa shape index (κ3) is 2.08. The molecule has 2 N–H and O–H groups in total. The largest absolute Gasteiger partial charge is 0.343 e. The molecule has 0 aromatic rings. The number of rotatable bonds is 1. The van der Waals surface area contributed by atoms with Crippen LogP contribution in [0.5, 0.6) is 0 Å². The number of piperidine rings is 1. The molecule has 2 unspecified atom stereocenters. The van der Waals surface area contributed by atoms with Crippen molar-refractivity contribution in [3.63, 3.8) is 0 Å². The minimum absolute atomic E-state index is 0.138. The first kappa shape index (κ1) is 8.25. The van der Waals surface area contributed by atoms with E-state index in [2.05, 4.69) is 5.32 Å². The van der Waals surface area contributed by atoms with Crippen molar-refractivity contribution in [1.29, 1.82) is 0 Å². The fourth-order valence-corrected chi connectivity index (χ4v) is 2.37. The van der Waals surface area contributed by atoms with Crippen molar-refractivity contribution in [1.82, 2.24) is 5.32 Å². The van der Waals surface area contributed by atoms with Crippen LogP contribution in [0, 0.1) is 0 Å². The second-order valence-electron chi connectivity index (χ2n) is 2.91. The third-order valence-corrected chi connectivity index (χ3v) is 3.46. The molecule has 1 saturated heterocycles. The van der Waals surface area contributed by atoms with E-state index in [0.29, 0.717) is 0 Å². The normalized spacial score (nSPS) is 33.2. The summed E-state index contributed by atoms with van der Waals surface area (Å²) in [6.07, 6.45) is 3.07. The molecular weight excluding hydrogens is 149 g/mol. The van der Waals surface area contributed by atoms with Gasteiger partial charge in [0.05, 0.1) is 5.78 Å². The Bertz CT molecular complexity index is 148. The summed E-state index contributed by atoms with van der Waals surface area (Å²) < 4.78 is 11.1. The van der Waals surface area contributed by atoms with Crippen LogP contribution in [0.25, 0.3) is 0 Å². The number of hydrogen-bond acceptors (Lipinski definition) is 2. The quantitative estimate of drug-likeness (QED) is 0.566. The number of nitrogens with one attached hydrogen (secondary N) is 1. The fraction of sp³-hybridized carbons (Fsp3) is 1.00. The van der Waals surface area contributed by atoms with Crippen LogP contribution < -0.4 is 5.32 Å². The lowest BCUT2D eigenvalue weighted by Gasteiger charge is -2.25. The molecule has 0 aromatic heterocycles. The van der Waals surface area contributed by atoms with Gasteiger partial charge in [0.25, 0.3) is 0 Å². The van der Waals surface area contributed by atoms with Crippen molar-refractivity contribution in [3.05, 3.63) is 0 Å². The van der Waals surface area contributed by atoms with E-state index in [1.165, 1.54) is 6.66 Å². The lowest BCUT2D eigenvalue weighted by atomic mass is 10.2. The summed E-state index contributed by atoms with van der Waals surface area (Å²) in [5, 5.41) is 3.05. The maximum atomic E-state index is 11.1. The van der Waals surface area contributed by atoms with Gasteiger partial charge in [-0.1, -0.05) is 6.42 Å². The minimum Gasteiger partial charge on any atom is -0.343 e. The zero-order chi connectivity index (χ0) is 7.61. The molecule has 10 heavy (non-hydrogen) atoms. The molecular formula is C6H14NO2P. The zero-order valence-corrected chi connectivity index (χ0v) is 7.10. The van der Waals surface area contributed by atoms with Crippen molar-refractivity contribution >= 4 is 7.37 Å². The van der Waals surface area contributed by atoms with E-state index in [0.717, 1.165) is 25.8 Å². The van der Waals surface area contributed by atoms with Gasteiger partial charge in [0.15, 0.2) is 0 Å². The van der Waals surface area contributed by atoms with Gasteiger partial charge in [-0.25, -0.2) is 0 Å². The lowest BCUT2D eigenvalue weighted by Crippen LogP contribution is -2.33. The zero-order valence-electron chi connectivity index (χ0n) is 6.21. The summed E-state index contributed by atoms with van der Waals surface area (Å²) in [7, 11) is -2.85. The van der Waals surface area contributed by atoms with Gasteiger partial charge < -0.3 is 10.2 Å². The van der Waals surface area contributed by atoms with Crippen LogP contribution >= 0.6 is 7.37 Å². The van der Waals surface area contributed by atoms with Crippen molar-refractivity contribution in [2.75, 3.05) is 13.2 Å². The first-order chi connectivity index (χ1) is 4.61. The van der Waals surface area contributed by atoms with Gasteiger partial charge >= 0.3 is 0 Å². The van der Waals surface area contributed by atoms with Gasteiger partial charge in [-0.05, 0) is 19.4 Å². The van der Waals surface area contributed by atoms with Crippen LogP contribution in [0.3, 0.4) is 0 Å². The average molecular weight is 163 g/mol. The molecule has 0 bridgehead atoms. The van der Waals surface area contributed by atoms with Gasteiger partial charge in [0, 0.05) is 6.66 Å². The number of hydrogen-bond donors (Lipinski definition) is 2. The fourth-order valence-electron chi connectivity index (χ4n) is 1.24. The molecule has 1 fully saturated rings. The Hall–Kier alpha value is 0.150. The summed E-state index contributed by atoms with van der Waals surface area (Å²) in [6.45, 7) is 2.32. The van der Waals surface area contributed by atoms with Crippen LogP contribution in [0.2, 0.25) is 0 Å². The molecule has 1 aliphatic heterocycles. The molecule has 60 valence electrons. The highest BCUT2D eigenvalue weighted by Crippen LogP contribution is 2.43. The minimum atomic E-state index is -2.85. The molecule has 4 heteroatoms. The van der Waals surface area contributed by atoms with Gasteiger partial charge in [0.1, 0.15) is 0 Å². The highest BCUT2D eigenvalue weighted by molar-refractivity contribution is 7.57. The average Bonchev–Trinajstić information content (AvgIpc) is 1.88. The Morgan fingerprint density at radius 2 is 2.30 bits per heavy atom. The van der Waals surface area contributed by atoms with E-state index in [4.69, 9.17) is 4.89 Å². The van der Waals surface area contributed by atoms with E-state index in [9.17, 15) is 4.57 Å². The van der Waals surface area contributed by atoms with Gasteiger partial charge in [0.2, 0.25) is 7.37 Å². The molecule has 1 aliphatic rings. The molecule has 0 radical (unpaired) electrons. The Labute approximate surface area is 61.3 Å². The Kier molecular flexibility index (Phi) is 2.50. The predicted octanol–water partition coefficient (Wildman–Crippen LogP) is 0.986. The summed E-state index contributed by atoms with van der Waals surface area (Å²) in [4.78, 5) is 9.14. The molecule has 0 saturated carbocycles. The Morgan fingerprint density at radius 1 is 1.60 bits per heavy atom. The van der Waals surface area contributed by atoms with Crippen LogP contribution in [0.15, 0.2) is 0 Å². The van der Waals surface area contributed by atoms with E-state index in [1.807, 2.05) is 0 Å². The molecule has 0 spiro atoms. The molecule has 1 heterocycles. The molecule has 2 atom stereocenters. The van der Waals surface area contributed by atoms with Gasteiger partial charge in [-0.3, -0.25) is 4.57 Å². The molecule has 3 nitrogen and oxygen atoms in total. The molecule has 0 aliphatic carbocycles. The summed E-state index contributed by atoms with van der Waals surface area (Å²) in [5.41, 5.74) is 0. The summed E-state index contributed by atoms with van der Waals surface area (Å²) >= 11 is 0. The maximum absolute atomic E-state index is 11.1. The predicted molar refractivity (Wildman–Crippen MR) is 41.4 cm³/mol. The van der Waals surface area contributed by atoms with Crippen molar-refractivity contribution in [2.45, 2.75) is 25.0 Å². The summed E-state index contributed by atoms with van der Waals surface area (Å²) in [6, 6.07) is 0. The lowest BCUT2D eigenvalue weighted by molar-refractivity contribution is 0.411.